The van der Waals surface area contributed by atoms with Gasteiger partial charge in [0, 0.05) is 0 Å². The predicted molar refractivity (Wildman–Crippen MR) is 80.5 cm³/mol. The number of carbonyl (C=O) groups is 3. The van der Waals surface area contributed by atoms with Gasteiger partial charge in [-0.25, -0.2) is 14.4 Å². The van der Waals surface area contributed by atoms with Crippen LogP contribution in [0.3, 0.4) is 0 Å². The van der Waals surface area contributed by atoms with E-state index in [1.54, 1.807) is 0 Å². The van der Waals surface area contributed by atoms with Crippen LogP contribution in [0.15, 0.2) is 0 Å². The number of aliphatic carboxylic acids is 2. The molecule has 0 aromatic heterocycles. The van der Waals surface area contributed by atoms with Crippen LogP contribution in [-0.2, 0) is 9.59 Å². The largest absolute Gasteiger partial charge is 0.480 e. The molecule has 0 saturated heterocycles. The quantitative estimate of drug-likeness (QED) is 0.467. The van der Waals surface area contributed by atoms with Gasteiger partial charge in [0.15, 0.2) is 0 Å². The monoisotopic (exact) mass is 324 g/mol. The zero-order valence-electron chi connectivity index (χ0n) is 11.4. The van der Waals surface area contributed by atoms with Crippen LogP contribution in [0, 0.1) is 0 Å². The summed E-state index contributed by atoms with van der Waals surface area (Å²) in [6.45, 7) is 0. The molecule has 0 unspecified atom stereocenters. The summed E-state index contributed by atoms with van der Waals surface area (Å²) in [6, 6.07) is -2.80. The molecule has 0 saturated carbocycles. The van der Waals surface area contributed by atoms with Gasteiger partial charge >= 0.3 is 18.0 Å². The van der Waals surface area contributed by atoms with Gasteiger partial charge in [-0.3, -0.25) is 0 Å². The highest BCUT2D eigenvalue weighted by molar-refractivity contribution is 7.98. The highest BCUT2D eigenvalue weighted by Gasteiger charge is 2.23. The standard InChI is InChI=1S/C11H20N2O5S2/c1-19-5-3-7(9(14)15)12-11(18)13-8(10(16)17)4-6-20-2/h7-8H,3-6H2,1-2H3,(H,14,15)(H,16,17)(H2,12,13,18)/t7-,8-/m0/s1. The molecule has 2 atom stereocenters. The SMILES string of the molecule is CSCC[C@H](NC(=O)N[C@@H](CCSC)C(=O)O)C(=O)O. The first kappa shape index (κ1) is 18.9. The van der Waals surface area contributed by atoms with E-state index in [1.807, 2.05) is 12.5 Å². The van der Waals surface area contributed by atoms with Crippen molar-refractivity contribution in [2.75, 3.05) is 24.0 Å². The first-order chi connectivity index (χ1) is 9.42. The molecule has 0 aliphatic heterocycles. The van der Waals surface area contributed by atoms with Crippen molar-refractivity contribution in [2.24, 2.45) is 0 Å². The Hall–Kier alpha value is -1.09. The average Bonchev–Trinajstić information content (AvgIpc) is 2.38. The molecule has 0 bridgehead atoms. The molecule has 20 heavy (non-hydrogen) atoms. The number of thioether (sulfide) groups is 2. The van der Waals surface area contributed by atoms with Crippen molar-refractivity contribution < 1.29 is 24.6 Å². The third-order valence-electron chi connectivity index (χ3n) is 2.43. The highest BCUT2D eigenvalue weighted by atomic mass is 32.2. The van der Waals surface area contributed by atoms with Gasteiger partial charge in [0.1, 0.15) is 12.1 Å². The smallest absolute Gasteiger partial charge is 0.326 e. The fourth-order valence-corrected chi connectivity index (χ4v) is 2.29. The average molecular weight is 324 g/mol. The van der Waals surface area contributed by atoms with E-state index in [4.69, 9.17) is 10.2 Å². The van der Waals surface area contributed by atoms with E-state index in [9.17, 15) is 14.4 Å². The zero-order chi connectivity index (χ0) is 15.5. The molecule has 0 rings (SSSR count). The second-order valence-corrected chi connectivity index (χ2v) is 5.93. The fourth-order valence-electron chi connectivity index (χ4n) is 1.34. The summed E-state index contributed by atoms with van der Waals surface area (Å²) in [5, 5.41) is 22.5. The van der Waals surface area contributed by atoms with Crippen LogP contribution in [-0.4, -0.2) is 64.3 Å². The predicted octanol–water partition coefficient (Wildman–Crippen LogP) is 0.698. The van der Waals surface area contributed by atoms with Crippen molar-refractivity contribution in [1.82, 2.24) is 10.6 Å². The number of urea groups is 1. The molecule has 4 N–H and O–H groups in total. The molecular weight excluding hydrogens is 304 g/mol. The summed E-state index contributed by atoms with van der Waals surface area (Å²) in [4.78, 5) is 33.6. The van der Waals surface area contributed by atoms with E-state index < -0.39 is 30.1 Å². The first-order valence-electron chi connectivity index (χ1n) is 5.92. The summed E-state index contributed by atoms with van der Waals surface area (Å²) in [5.74, 6) is -1.09. The lowest BCUT2D eigenvalue weighted by molar-refractivity contribution is -0.139. The molecule has 2 amide bonds. The molecule has 0 aliphatic rings. The lowest BCUT2D eigenvalue weighted by atomic mass is 10.2. The van der Waals surface area contributed by atoms with Gasteiger partial charge in [-0.05, 0) is 36.9 Å². The fraction of sp³-hybridized carbons (Fsp3) is 0.727. The number of carbonyl (C=O) groups excluding carboxylic acids is 1. The van der Waals surface area contributed by atoms with E-state index >= 15 is 0 Å². The Kier molecular flexibility index (Phi) is 10.1. The molecule has 0 fully saturated rings. The minimum absolute atomic E-state index is 0.284. The van der Waals surface area contributed by atoms with Gasteiger partial charge in [-0.1, -0.05) is 0 Å². The molecule has 7 nitrogen and oxygen atoms in total. The van der Waals surface area contributed by atoms with Crippen LogP contribution in [0.2, 0.25) is 0 Å². The highest BCUT2D eigenvalue weighted by Crippen LogP contribution is 2.03. The Labute approximate surface area is 126 Å². The number of carboxylic acids is 2. The molecule has 0 spiro atoms. The van der Waals surface area contributed by atoms with E-state index in [0.29, 0.717) is 11.5 Å². The summed E-state index contributed by atoms with van der Waals surface area (Å²) in [6.07, 6.45) is 4.24. The van der Waals surface area contributed by atoms with Gasteiger partial charge in [-0.15, -0.1) is 0 Å². The normalized spacial score (nSPS) is 13.3. The van der Waals surface area contributed by atoms with Crippen molar-refractivity contribution in [3.63, 3.8) is 0 Å². The molecule has 0 aliphatic carbocycles. The summed E-state index contributed by atoms with van der Waals surface area (Å²) in [7, 11) is 0. The Morgan fingerprint density at radius 3 is 1.50 bits per heavy atom. The lowest BCUT2D eigenvalue weighted by Crippen LogP contribution is -2.51. The van der Waals surface area contributed by atoms with E-state index in [1.165, 1.54) is 23.5 Å². The third-order valence-corrected chi connectivity index (χ3v) is 3.72. The molecule has 0 radical (unpaired) electrons. The molecule has 9 heteroatoms. The number of carboxylic acid groups (broad SMARTS) is 2. The maximum absolute atomic E-state index is 11.6. The van der Waals surface area contributed by atoms with Gasteiger partial charge < -0.3 is 20.8 Å². The molecule has 0 aromatic rings. The van der Waals surface area contributed by atoms with E-state index in [0.717, 1.165) is 0 Å². The van der Waals surface area contributed by atoms with E-state index in [-0.39, 0.29) is 12.8 Å². The van der Waals surface area contributed by atoms with Crippen molar-refractivity contribution >= 4 is 41.5 Å². The van der Waals surface area contributed by atoms with Crippen molar-refractivity contribution in [3.8, 4) is 0 Å². The van der Waals surface area contributed by atoms with Gasteiger partial charge in [0.2, 0.25) is 0 Å². The van der Waals surface area contributed by atoms with Crippen molar-refractivity contribution in [2.45, 2.75) is 24.9 Å². The molecular formula is C11H20N2O5S2. The Morgan fingerprint density at radius 1 is 0.900 bits per heavy atom. The van der Waals surface area contributed by atoms with Crippen molar-refractivity contribution in [1.29, 1.82) is 0 Å². The van der Waals surface area contributed by atoms with E-state index in [2.05, 4.69) is 10.6 Å². The van der Waals surface area contributed by atoms with Crippen LogP contribution in [0.25, 0.3) is 0 Å². The molecule has 0 aromatic carbocycles. The topological polar surface area (TPSA) is 116 Å². The number of rotatable bonds is 10. The van der Waals surface area contributed by atoms with Gasteiger partial charge in [-0.2, -0.15) is 23.5 Å². The number of nitrogens with one attached hydrogen (secondary N) is 2. The maximum atomic E-state index is 11.6. The van der Waals surface area contributed by atoms with Crippen LogP contribution >= 0.6 is 23.5 Å². The second-order valence-electron chi connectivity index (χ2n) is 3.96. The van der Waals surface area contributed by atoms with Crippen LogP contribution in [0.1, 0.15) is 12.8 Å². The Morgan fingerprint density at radius 2 is 1.25 bits per heavy atom. The number of hydrogen-bond donors (Lipinski definition) is 4. The summed E-state index contributed by atoms with van der Waals surface area (Å²) < 4.78 is 0. The van der Waals surface area contributed by atoms with Gasteiger partial charge in [0.05, 0.1) is 0 Å². The lowest BCUT2D eigenvalue weighted by Gasteiger charge is -2.18. The van der Waals surface area contributed by atoms with Crippen LogP contribution in [0.5, 0.6) is 0 Å². The zero-order valence-corrected chi connectivity index (χ0v) is 13.1. The maximum Gasteiger partial charge on any atom is 0.326 e. The van der Waals surface area contributed by atoms with Crippen LogP contribution in [0.4, 0.5) is 4.79 Å². The molecule has 0 heterocycles. The third kappa shape index (κ3) is 8.16. The summed E-state index contributed by atoms with van der Waals surface area (Å²) >= 11 is 2.94. The summed E-state index contributed by atoms with van der Waals surface area (Å²) in [5.41, 5.74) is 0. The first-order valence-corrected chi connectivity index (χ1v) is 8.71. The number of amides is 2. The number of hydrogen-bond acceptors (Lipinski definition) is 5. The van der Waals surface area contributed by atoms with Crippen LogP contribution < -0.4 is 10.6 Å². The van der Waals surface area contributed by atoms with Gasteiger partial charge in [0.25, 0.3) is 0 Å². The second kappa shape index (κ2) is 10.7. The minimum atomic E-state index is -1.13. The van der Waals surface area contributed by atoms with Crippen molar-refractivity contribution in [3.05, 3.63) is 0 Å². The molecule has 116 valence electrons. The minimum Gasteiger partial charge on any atom is -0.480 e. The Balaban J connectivity index is 4.40. The Bertz CT molecular complexity index is 311.